The molecule has 1 atom stereocenters. The maximum absolute atomic E-state index is 5.58. The molecule has 0 fully saturated rings. The van der Waals surface area contributed by atoms with Gasteiger partial charge in [0.15, 0.2) is 0 Å². The fourth-order valence-electron chi connectivity index (χ4n) is 1.53. The van der Waals surface area contributed by atoms with E-state index >= 15 is 0 Å². The molecule has 4 nitrogen and oxygen atoms in total. The number of anilines is 2. The first kappa shape index (κ1) is 11.9. The van der Waals surface area contributed by atoms with Crippen LogP contribution in [0.2, 0.25) is 0 Å². The third-order valence-corrected chi connectivity index (χ3v) is 2.86. The maximum atomic E-state index is 5.58. The van der Waals surface area contributed by atoms with Crippen molar-refractivity contribution < 1.29 is 0 Å². The Hall–Kier alpha value is -1.62. The molecular formula is C12H13BrN4. The normalized spacial score (nSPS) is 12.1. The van der Waals surface area contributed by atoms with Crippen molar-refractivity contribution in [3.05, 3.63) is 46.7 Å². The monoisotopic (exact) mass is 292 g/mol. The van der Waals surface area contributed by atoms with E-state index in [1.54, 1.807) is 6.20 Å². The lowest BCUT2D eigenvalue weighted by atomic mass is 10.1. The summed E-state index contributed by atoms with van der Waals surface area (Å²) in [6, 6.07) is 8.27. The summed E-state index contributed by atoms with van der Waals surface area (Å²) in [4.78, 5) is 8.14. The van der Waals surface area contributed by atoms with Crippen molar-refractivity contribution in [1.82, 2.24) is 9.97 Å². The number of aromatic nitrogens is 2. The molecule has 3 N–H and O–H groups in total. The number of benzene rings is 1. The minimum absolute atomic E-state index is 0.142. The molecule has 2 aromatic rings. The Labute approximate surface area is 108 Å². The number of hydrogen-bond acceptors (Lipinski definition) is 4. The number of nitrogens with one attached hydrogen (secondary N) is 1. The summed E-state index contributed by atoms with van der Waals surface area (Å²) < 4.78 is 1.06. The molecule has 0 bridgehead atoms. The lowest BCUT2D eigenvalue weighted by Gasteiger charge is -2.15. The van der Waals surface area contributed by atoms with Crippen LogP contribution in [0.25, 0.3) is 0 Å². The minimum Gasteiger partial charge on any atom is -0.382 e. The van der Waals surface area contributed by atoms with Gasteiger partial charge in [0.05, 0.1) is 18.4 Å². The van der Waals surface area contributed by atoms with Gasteiger partial charge in [0, 0.05) is 4.47 Å². The molecule has 1 heterocycles. The van der Waals surface area contributed by atoms with Crippen LogP contribution >= 0.6 is 15.9 Å². The molecule has 88 valence electrons. The average Bonchev–Trinajstić information content (AvgIpc) is 2.29. The van der Waals surface area contributed by atoms with Crippen molar-refractivity contribution in [2.75, 3.05) is 11.1 Å². The van der Waals surface area contributed by atoms with E-state index in [9.17, 15) is 0 Å². The number of rotatable bonds is 3. The average molecular weight is 293 g/mol. The molecule has 0 aliphatic rings. The van der Waals surface area contributed by atoms with E-state index in [2.05, 4.69) is 50.3 Å². The minimum atomic E-state index is 0.142. The molecule has 1 aromatic heterocycles. The molecular weight excluding hydrogens is 280 g/mol. The number of hydrogen-bond donors (Lipinski definition) is 2. The second-order valence-electron chi connectivity index (χ2n) is 3.75. The van der Waals surface area contributed by atoms with Crippen LogP contribution in [-0.2, 0) is 0 Å². The van der Waals surface area contributed by atoms with Crippen molar-refractivity contribution >= 4 is 27.6 Å². The highest BCUT2D eigenvalue weighted by Crippen LogP contribution is 2.21. The van der Waals surface area contributed by atoms with Crippen LogP contribution in [0.15, 0.2) is 41.1 Å². The quantitative estimate of drug-likeness (QED) is 0.913. The van der Waals surface area contributed by atoms with Crippen LogP contribution in [-0.4, -0.2) is 9.97 Å². The molecule has 17 heavy (non-hydrogen) atoms. The van der Waals surface area contributed by atoms with E-state index < -0.39 is 0 Å². The van der Waals surface area contributed by atoms with Gasteiger partial charge in [0.25, 0.3) is 0 Å². The third kappa shape index (κ3) is 3.17. The van der Waals surface area contributed by atoms with Gasteiger partial charge in [0.2, 0.25) is 0 Å². The second-order valence-corrected chi connectivity index (χ2v) is 4.67. The van der Waals surface area contributed by atoms with Gasteiger partial charge in [-0.1, -0.05) is 28.1 Å². The summed E-state index contributed by atoms with van der Waals surface area (Å²) in [5, 5.41) is 3.25. The van der Waals surface area contributed by atoms with E-state index in [1.165, 1.54) is 11.8 Å². The molecule has 1 aromatic carbocycles. The highest BCUT2D eigenvalue weighted by Gasteiger charge is 2.06. The molecule has 1 unspecified atom stereocenters. The number of nitrogens with zero attached hydrogens (tertiary/aromatic N) is 2. The van der Waals surface area contributed by atoms with E-state index in [4.69, 9.17) is 5.73 Å². The smallest absolute Gasteiger partial charge is 0.147 e. The van der Waals surface area contributed by atoms with Crippen molar-refractivity contribution in [2.45, 2.75) is 13.0 Å². The highest BCUT2D eigenvalue weighted by molar-refractivity contribution is 9.10. The van der Waals surface area contributed by atoms with Gasteiger partial charge in [-0.2, -0.15) is 0 Å². The Kier molecular flexibility index (Phi) is 3.58. The number of nitrogens with two attached hydrogens (primary N) is 1. The zero-order valence-corrected chi connectivity index (χ0v) is 11.0. The first-order chi connectivity index (χ1) is 8.15. The molecule has 2 rings (SSSR count). The van der Waals surface area contributed by atoms with Gasteiger partial charge in [-0.25, -0.2) is 4.98 Å². The van der Waals surface area contributed by atoms with Gasteiger partial charge < -0.3 is 11.1 Å². The summed E-state index contributed by atoms with van der Waals surface area (Å²) in [7, 11) is 0. The molecule has 0 saturated heterocycles. The van der Waals surface area contributed by atoms with E-state index in [0.29, 0.717) is 11.6 Å². The van der Waals surface area contributed by atoms with Crippen LogP contribution in [0.1, 0.15) is 18.5 Å². The number of halogens is 1. The Balaban J connectivity index is 2.14. The fourth-order valence-corrected chi connectivity index (χ4v) is 1.95. The lowest BCUT2D eigenvalue weighted by Crippen LogP contribution is -2.08. The van der Waals surface area contributed by atoms with Crippen LogP contribution in [0.5, 0.6) is 0 Å². The van der Waals surface area contributed by atoms with Gasteiger partial charge in [0.1, 0.15) is 11.6 Å². The first-order valence-corrected chi connectivity index (χ1v) is 6.04. The van der Waals surface area contributed by atoms with Crippen molar-refractivity contribution in [3.63, 3.8) is 0 Å². The summed E-state index contributed by atoms with van der Waals surface area (Å²) in [6.45, 7) is 2.06. The Morgan fingerprint density at radius 3 is 2.88 bits per heavy atom. The molecule has 0 aliphatic carbocycles. The van der Waals surface area contributed by atoms with E-state index in [1.807, 2.05) is 12.1 Å². The maximum Gasteiger partial charge on any atom is 0.147 e. The largest absolute Gasteiger partial charge is 0.382 e. The molecule has 0 spiro atoms. The van der Waals surface area contributed by atoms with Crippen molar-refractivity contribution in [2.24, 2.45) is 0 Å². The SMILES string of the molecule is CC(Nc1cncc(N)n1)c1cccc(Br)c1. The molecule has 0 saturated carbocycles. The highest BCUT2D eigenvalue weighted by atomic mass is 79.9. The van der Waals surface area contributed by atoms with Crippen LogP contribution in [0, 0.1) is 0 Å². The topological polar surface area (TPSA) is 63.8 Å². The standard InChI is InChI=1S/C12H13BrN4/c1-8(9-3-2-4-10(13)5-9)16-12-7-15-6-11(14)17-12/h2-8H,1H3,(H3,14,16,17). The predicted octanol–water partition coefficient (Wildman–Crippen LogP) is 2.99. The zero-order chi connectivity index (χ0) is 12.3. The van der Waals surface area contributed by atoms with E-state index in [0.717, 1.165) is 4.47 Å². The predicted molar refractivity (Wildman–Crippen MR) is 72.6 cm³/mol. The lowest BCUT2D eigenvalue weighted by molar-refractivity contribution is 0.871. The fraction of sp³-hybridized carbons (Fsp3) is 0.167. The first-order valence-electron chi connectivity index (χ1n) is 5.24. The summed E-state index contributed by atoms with van der Waals surface area (Å²) >= 11 is 3.45. The van der Waals surface area contributed by atoms with Crippen LogP contribution in [0.4, 0.5) is 11.6 Å². The van der Waals surface area contributed by atoms with E-state index in [-0.39, 0.29) is 6.04 Å². The van der Waals surface area contributed by atoms with Crippen molar-refractivity contribution in [1.29, 1.82) is 0 Å². The summed E-state index contributed by atoms with van der Waals surface area (Å²) in [5.41, 5.74) is 6.75. The molecule has 0 amide bonds. The summed E-state index contributed by atoms with van der Waals surface area (Å²) in [5.74, 6) is 1.09. The van der Waals surface area contributed by atoms with Crippen LogP contribution < -0.4 is 11.1 Å². The Bertz CT molecular complexity index is 515. The van der Waals surface area contributed by atoms with Crippen molar-refractivity contribution in [3.8, 4) is 0 Å². The Morgan fingerprint density at radius 1 is 1.35 bits per heavy atom. The van der Waals surface area contributed by atoms with Gasteiger partial charge in [-0.15, -0.1) is 0 Å². The second kappa shape index (κ2) is 5.14. The third-order valence-electron chi connectivity index (χ3n) is 2.37. The van der Waals surface area contributed by atoms with Gasteiger partial charge in [-0.3, -0.25) is 4.98 Å². The number of nitrogen functional groups attached to an aromatic ring is 1. The van der Waals surface area contributed by atoms with Crippen LogP contribution in [0.3, 0.4) is 0 Å². The van der Waals surface area contributed by atoms with Gasteiger partial charge in [-0.05, 0) is 24.6 Å². The molecule has 5 heteroatoms. The molecule has 0 aliphatic heterocycles. The summed E-state index contributed by atoms with van der Waals surface area (Å²) in [6.07, 6.45) is 3.18. The Morgan fingerprint density at radius 2 is 2.18 bits per heavy atom. The zero-order valence-electron chi connectivity index (χ0n) is 9.39. The molecule has 0 radical (unpaired) electrons. The van der Waals surface area contributed by atoms with Gasteiger partial charge >= 0.3 is 0 Å².